The molecule has 1 aromatic heterocycles. The SMILES string of the molecule is Clc1cc2ccc(-c3ccccc3)nc2cc1C1CCC1. The number of hydrogen-bond acceptors (Lipinski definition) is 1. The lowest BCUT2D eigenvalue weighted by atomic mass is 9.80. The molecule has 1 aliphatic rings. The van der Waals surface area contributed by atoms with Gasteiger partial charge in [0, 0.05) is 16.0 Å². The van der Waals surface area contributed by atoms with E-state index in [2.05, 4.69) is 36.4 Å². The molecule has 0 aliphatic heterocycles. The third-order valence-electron chi connectivity index (χ3n) is 4.42. The van der Waals surface area contributed by atoms with Crippen LogP contribution in [-0.4, -0.2) is 4.98 Å². The van der Waals surface area contributed by atoms with Gasteiger partial charge in [0.25, 0.3) is 0 Å². The highest BCUT2D eigenvalue weighted by atomic mass is 35.5. The molecule has 0 unspecified atom stereocenters. The molecule has 0 atom stereocenters. The van der Waals surface area contributed by atoms with Crippen LogP contribution in [0.3, 0.4) is 0 Å². The Hall–Kier alpha value is -1.86. The summed E-state index contributed by atoms with van der Waals surface area (Å²) < 4.78 is 0. The van der Waals surface area contributed by atoms with Crippen molar-refractivity contribution in [3.05, 3.63) is 65.2 Å². The van der Waals surface area contributed by atoms with E-state index in [9.17, 15) is 0 Å². The van der Waals surface area contributed by atoms with E-state index in [1.807, 2.05) is 18.2 Å². The third kappa shape index (κ3) is 2.32. The summed E-state index contributed by atoms with van der Waals surface area (Å²) in [6, 6.07) is 18.7. The van der Waals surface area contributed by atoms with E-state index < -0.39 is 0 Å². The Kier molecular flexibility index (Phi) is 3.16. The van der Waals surface area contributed by atoms with Crippen molar-refractivity contribution in [3.63, 3.8) is 0 Å². The predicted octanol–water partition coefficient (Wildman–Crippen LogP) is 5.82. The average Bonchev–Trinajstić information content (AvgIpc) is 2.47. The Morgan fingerprint density at radius 3 is 2.48 bits per heavy atom. The van der Waals surface area contributed by atoms with Crippen LogP contribution in [0.5, 0.6) is 0 Å². The lowest BCUT2D eigenvalue weighted by Crippen LogP contribution is -2.09. The Balaban J connectivity index is 1.84. The van der Waals surface area contributed by atoms with Crippen LogP contribution in [0.2, 0.25) is 5.02 Å². The second kappa shape index (κ2) is 5.16. The molecule has 3 aromatic rings. The standard InChI is InChI=1S/C19H16ClN/c20-17-11-15-9-10-18(14-5-2-1-3-6-14)21-19(15)12-16(17)13-7-4-8-13/h1-3,5-6,9-13H,4,7-8H2. The molecule has 0 bridgehead atoms. The molecule has 2 heteroatoms. The van der Waals surface area contributed by atoms with Crippen molar-refractivity contribution in [1.82, 2.24) is 4.98 Å². The summed E-state index contributed by atoms with van der Waals surface area (Å²) in [6.45, 7) is 0. The van der Waals surface area contributed by atoms with Crippen LogP contribution in [0, 0.1) is 0 Å². The van der Waals surface area contributed by atoms with Gasteiger partial charge in [-0.3, -0.25) is 0 Å². The highest BCUT2D eigenvalue weighted by Crippen LogP contribution is 2.41. The molecule has 1 fully saturated rings. The van der Waals surface area contributed by atoms with Crippen LogP contribution in [0.25, 0.3) is 22.2 Å². The molecular weight excluding hydrogens is 278 g/mol. The second-order valence-corrected chi connectivity index (χ2v) is 6.16. The Morgan fingerprint density at radius 1 is 0.952 bits per heavy atom. The Bertz CT molecular complexity index is 791. The zero-order valence-corrected chi connectivity index (χ0v) is 12.5. The van der Waals surface area contributed by atoms with E-state index in [1.54, 1.807) is 0 Å². The molecule has 0 N–H and O–H groups in total. The van der Waals surface area contributed by atoms with Gasteiger partial charge in [-0.05, 0) is 42.5 Å². The monoisotopic (exact) mass is 293 g/mol. The summed E-state index contributed by atoms with van der Waals surface area (Å²) in [5.41, 5.74) is 4.49. The lowest BCUT2D eigenvalue weighted by Gasteiger charge is -2.26. The summed E-state index contributed by atoms with van der Waals surface area (Å²) in [4.78, 5) is 4.83. The zero-order valence-electron chi connectivity index (χ0n) is 11.7. The molecule has 2 aromatic carbocycles. The first-order chi connectivity index (χ1) is 10.3. The minimum Gasteiger partial charge on any atom is -0.248 e. The number of fused-ring (bicyclic) bond motifs is 1. The molecule has 104 valence electrons. The highest BCUT2D eigenvalue weighted by Gasteiger charge is 2.22. The number of rotatable bonds is 2. The molecule has 1 aliphatic carbocycles. The molecular formula is C19H16ClN. The van der Waals surface area contributed by atoms with E-state index in [-0.39, 0.29) is 0 Å². The minimum atomic E-state index is 0.629. The summed E-state index contributed by atoms with van der Waals surface area (Å²) in [6.07, 6.45) is 3.82. The van der Waals surface area contributed by atoms with Gasteiger partial charge in [-0.2, -0.15) is 0 Å². The van der Waals surface area contributed by atoms with Gasteiger partial charge < -0.3 is 0 Å². The maximum atomic E-state index is 6.44. The van der Waals surface area contributed by atoms with Gasteiger partial charge in [0.05, 0.1) is 11.2 Å². The average molecular weight is 294 g/mol. The molecule has 0 radical (unpaired) electrons. The zero-order chi connectivity index (χ0) is 14.2. The van der Waals surface area contributed by atoms with Crippen LogP contribution >= 0.6 is 11.6 Å². The summed E-state index contributed by atoms with van der Waals surface area (Å²) in [5.74, 6) is 0.629. The largest absolute Gasteiger partial charge is 0.248 e. The fourth-order valence-electron chi connectivity index (χ4n) is 2.96. The van der Waals surface area contributed by atoms with Crippen LogP contribution in [0.4, 0.5) is 0 Å². The van der Waals surface area contributed by atoms with Crippen LogP contribution in [0.15, 0.2) is 54.6 Å². The highest BCUT2D eigenvalue weighted by molar-refractivity contribution is 6.32. The third-order valence-corrected chi connectivity index (χ3v) is 4.75. The first-order valence-corrected chi connectivity index (χ1v) is 7.85. The van der Waals surface area contributed by atoms with Gasteiger partial charge in [0.2, 0.25) is 0 Å². The lowest BCUT2D eigenvalue weighted by molar-refractivity contribution is 0.420. The van der Waals surface area contributed by atoms with E-state index >= 15 is 0 Å². The van der Waals surface area contributed by atoms with Gasteiger partial charge in [0.1, 0.15) is 0 Å². The van der Waals surface area contributed by atoms with Crippen molar-refractivity contribution in [2.45, 2.75) is 25.2 Å². The Labute approximate surface area is 129 Å². The van der Waals surface area contributed by atoms with Crippen molar-refractivity contribution in [2.24, 2.45) is 0 Å². The molecule has 1 heterocycles. The van der Waals surface area contributed by atoms with E-state index in [0.29, 0.717) is 5.92 Å². The van der Waals surface area contributed by atoms with Crippen molar-refractivity contribution < 1.29 is 0 Å². The van der Waals surface area contributed by atoms with Crippen molar-refractivity contribution >= 4 is 22.5 Å². The van der Waals surface area contributed by atoms with Gasteiger partial charge in [0.15, 0.2) is 0 Å². The minimum absolute atomic E-state index is 0.629. The first-order valence-electron chi connectivity index (χ1n) is 7.47. The fourth-order valence-corrected chi connectivity index (χ4v) is 3.29. The van der Waals surface area contributed by atoms with Gasteiger partial charge in [-0.25, -0.2) is 4.98 Å². The van der Waals surface area contributed by atoms with Crippen LogP contribution < -0.4 is 0 Å². The predicted molar refractivity (Wildman–Crippen MR) is 88.8 cm³/mol. The summed E-state index contributed by atoms with van der Waals surface area (Å²) in [7, 11) is 0. The molecule has 0 amide bonds. The van der Waals surface area contributed by atoms with Gasteiger partial charge >= 0.3 is 0 Å². The molecule has 21 heavy (non-hydrogen) atoms. The van der Waals surface area contributed by atoms with Gasteiger partial charge in [-0.1, -0.05) is 54.4 Å². The number of hydrogen-bond donors (Lipinski definition) is 0. The smallest absolute Gasteiger partial charge is 0.0713 e. The van der Waals surface area contributed by atoms with Crippen LogP contribution in [-0.2, 0) is 0 Å². The van der Waals surface area contributed by atoms with E-state index in [4.69, 9.17) is 16.6 Å². The number of halogens is 1. The molecule has 0 saturated heterocycles. The molecule has 4 rings (SSSR count). The summed E-state index contributed by atoms with van der Waals surface area (Å²) in [5, 5.41) is 2.00. The number of pyridine rings is 1. The number of nitrogens with zero attached hydrogens (tertiary/aromatic N) is 1. The molecule has 1 saturated carbocycles. The molecule has 1 nitrogen and oxygen atoms in total. The maximum absolute atomic E-state index is 6.44. The van der Waals surface area contributed by atoms with Crippen molar-refractivity contribution in [3.8, 4) is 11.3 Å². The Morgan fingerprint density at radius 2 is 1.76 bits per heavy atom. The van der Waals surface area contributed by atoms with E-state index in [1.165, 1.54) is 24.8 Å². The summed E-state index contributed by atoms with van der Waals surface area (Å²) >= 11 is 6.44. The quantitative estimate of drug-likeness (QED) is 0.580. The number of aromatic nitrogens is 1. The normalized spacial score (nSPS) is 15.1. The fraction of sp³-hybridized carbons (Fsp3) is 0.211. The van der Waals surface area contributed by atoms with Crippen molar-refractivity contribution in [2.75, 3.05) is 0 Å². The number of benzene rings is 2. The first kappa shape index (κ1) is 12.8. The van der Waals surface area contributed by atoms with Gasteiger partial charge in [-0.15, -0.1) is 0 Å². The van der Waals surface area contributed by atoms with E-state index in [0.717, 1.165) is 27.2 Å². The van der Waals surface area contributed by atoms with Crippen molar-refractivity contribution in [1.29, 1.82) is 0 Å². The second-order valence-electron chi connectivity index (χ2n) is 5.76. The maximum Gasteiger partial charge on any atom is 0.0713 e. The van der Waals surface area contributed by atoms with Crippen LogP contribution in [0.1, 0.15) is 30.7 Å². The molecule has 0 spiro atoms. The topological polar surface area (TPSA) is 12.9 Å².